The summed E-state index contributed by atoms with van der Waals surface area (Å²) < 4.78 is 5.66. The van der Waals surface area contributed by atoms with Crippen LogP contribution in [0.4, 0.5) is 0 Å². The average Bonchev–Trinajstić information content (AvgIpc) is 2.64. The van der Waals surface area contributed by atoms with E-state index in [0.717, 1.165) is 22.3 Å². The predicted octanol–water partition coefficient (Wildman–Crippen LogP) is 4.78. The lowest BCUT2D eigenvalue weighted by molar-refractivity contribution is -0.123. The van der Waals surface area contributed by atoms with Crippen molar-refractivity contribution in [3.05, 3.63) is 58.1 Å². The van der Waals surface area contributed by atoms with E-state index in [4.69, 9.17) is 4.74 Å². The summed E-state index contributed by atoms with van der Waals surface area (Å²) in [6, 6.07) is 9.88. The second-order valence-corrected chi connectivity index (χ2v) is 7.65. The molecule has 0 aliphatic rings. The molecule has 2 rings (SSSR count). The lowest BCUT2D eigenvalue weighted by Gasteiger charge is -2.13. The number of amides is 1. The Labute approximate surface area is 167 Å². The molecule has 0 aromatic heterocycles. The molecule has 0 heterocycles. The molecule has 0 unspecified atom stereocenters. The maximum absolute atomic E-state index is 12.1. The Bertz CT molecular complexity index is 870. The zero-order valence-electron chi connectivity index (χ0n) is 17.5. The van der Waals surface area contributed by atoms with Gasteiger partial charge in [-0.2, -0.15) is 5.10 Å². The number of ether oxygens (including phenoxy) is 1. The van der Waals surface area contributed by atoms with Gasteiger partial charge in [0.2, 0.25) is 0 Å². The summed E-state index contributed by atoms with van der Waals surface area (Å²) in [5.74, 6) is 1.14. The first-order valence-corrected chi connectivity index (χ1v) is 9.58. The third-order valence-electron chi connectivity index (χ3n) is 4.70. The van der Waals surface area contributed by atoms with Gasteiger partial charge in [0.05, 0.1) is 6.21 Å². The third kappa shape index (κ3) is 5.35. The summed E-state index contributed by atoms with van der Waals surface area (Å²) in [6.07, 6.45) is 1.49. The number of aromatic hydroxyl groups is 1. The zero-order valence-corrected chi connectivity index (χ0v) is 17.5. The van der Waals surface area contributed by atoms with Gasteiger partial charge in [-0.1, -0.05) is 52.0 Å². The van der Waals surface area contributed by atoms with E-state index in [-0.39, 0.29) is 24.2 Å². The molecule has 5 nitrogen and oxygen atoms in total. The minimum Gasteiger partial charge on any atom is -0.507 e. The van der Waals surface area contributed by atoms with E-state index < -0.39 is 0 Å². The van der Waals surface area contributed by atoms with Crippen LogP contribution >= 0.6 is 0 Å². The van der Waals surface area contributed by atoms with Crippen LogP contribution in [0.25, 0.3) is 0 Å². The number of carbonyl (C=O) groups is 1. The first-order chi connectivity index (χ1) is 13.2. The molecule has 0 aliphatic carbocycles. The molecule has 150 valence electrons. The summed E-state index contributed by atoms with van der Waals surface area (Å²) in [5, 5.41) is 14.3. The number of carbonyl (C=O) groups excluding carboxylic acids is 1. The van der Waals surface area contributed by atoms with E-state index in [1.807, 2.05) is 52.0 Å². The molecule has 28 heavy (non-hydrogen) atoms. The minimum atomic E-state index is -0.358. The molecule has 0 saturated carbocycles. The normalized spacial score (nSPS) is 11.4. The Kier molecular flexibility index (Phi) is 7.21. The minimum absolute atomic E-state index is 0.128. The van der Waals surface area contributed by atoms with Gasteiger partial charge in [-0.3, -0.25) is 4.79 Å². The van der Waals surface area contributed by atoms with Crippen LogP contribution in [0.2, 0.25) is 0 Å². The second-order valence-electron chi connectivity index (χ2n) is 7.65. The Morgan fingerprint density at radius 1 is 1.11 bits per heavy atom. The molecule has 2 aromatic carbocycles. The van der Waals surface area contributed by atoms with Gasteiger partial charge >= 0.3 is 0 Å². The van der Waals surface area contributed by atoms with Crippen molar-refractivity contribution < 1.29 is 14.6 Å². The molecule has 1 amide bonds. The molecular weight excluding hydrogens is 352 g/mol. The Hall–Kier alpha value is -2.82. The fourth-order valence-electron chi connectivity index (χ4n) is 2.85. The fraction of sp³-hybridized carbons (Fsp3) is 0.391. The van der Waals surface area contributed by atoms with E-state index >= 15 is 0 Å². The molecule has 0 atom stereocenters. The maximum Gasteiger partial charge on any atom is 0.277 e. The van der Waals surface area contributed by atoms with Crippen LogP contribution in [-0.2, 0) is 4.79 Å². The quantitative estimate of drug-likeness (QED) is 0.534. The average molecular weight is 383 g/mol. The molecule has 2 N–H and O–H groups in total. The lowest BCUT2D eigenvalue weighted by Crippen LogP contribution is -2.25. The Morgan fingerprint density at radius 3 is 2.43 bits per heavy atom. The summed E-state index contributed by atoms with van der Waals surface area (Å²) >= 11 is 0. The molecule has 0 saturated heterocycles. The number of nitrogens with one attached hydrogen (secondary N) is 1. The van der Waals surface area contributed by atoms with Crippen molar-refractivity contribution in [2.75, 3.05) is 6.61 Å². The number of hydrazone groups is 1. The smallest absolute Gasteiger partial charge is 0.277 e. The zero-order chi connectivity index (χ0) is 20.8. The highest BCUT2D eigenvalue weighted by Crippen LogP contribution is 2.28. The molecule has 0 aliphatic heterocycles. The molecule has 5 heteroatoms. The van der Waals surface area contributed by atoms with E-state index in [0.29, 0.717) is 17.2 Å². The number of phenols is 1. The van der Waals surface area contributed by atoms with Gasteiger partial charge in [0, 0.05) is 5.56 Å². The van der Waals surface area contributed by atoms with Crippen LogP contribution < -0.4 is 10.2 Å². The first-order valence-electron chi connectivity index (χ1n) is 9.58. The molecule has 0 fully saturated rings. The van der Waals surface area contributed by atoms with Crippen molar-refractivity contribution in [3.8, 4) is 11.5 Å². The van der Waals surface area contributed by atoms with Crippen LogP contribution in [-0.4, -0.2) is 23.8 Å². The van der Waals surface area contributed by atoms with Crippen molar-refractivity contribution in [1.29, 1.82) is 0 Å². The van der Waals surface area contributed by atoms with Crippen LogP contribution in [0, 0.1) is 13.8 Å². The predicted molar refractivity (Wildman–Crippen MR) is 113 cm³/mol. The van der Waals surface area contributed by atoms with E-state index in [9.17, 15) is 9.90 Å². The highest BCUT2D eigenvalue weighted by Gasteiger charge is 2.12. The summed E-state index contributed by atoms with van der Waals surface area (Å²) in [7, 11) is 0. The molecular formula is C23H30N2O3. The van der Waals surface area contributed by atoms with Crippen LogP contribution in [0.15, 0.2) is 35.4 Å². The lowest BCUT2D eigenvalue weighted by atomic mass is 9.95. The van der Waals surface area contributed by atoms with Crippen LogP contribution in [0.3, 0.4) is 0 Å². The van der Waals surface area contributed by atoms with E-state index in [1.54, 1.807) is 0 Å². The van der Waals surface area contributed by atoms with E-state index in [1.165, 1.54) is 6.21 Å². The second kappa shape index (κ2) is 9.40. The van der Waals surface area contributed by atoms with E-state index in [2.05, 4.69) is 30.4 Å². The maximum atomic E-state index is 12.1. The van der Waals surface area contributed by atoms with Crippen molar-refractivity contribution >= 4 is 12.1 Å². The summed E-state index contributed by atoms with van der Waals surface area (Å²) in [4.78, 5) is 12.1. The number of hydrogen-bond donors (Lipinski definition) is 2. The fourth-order valence-corrected chi connectivity index (χ4v) is 2.85. The van der Waals surface area contributed by atoms with Gasteiger partial charge in [-0.15, -0.1) is 0 Å². The van der Waals surface area contributed by atoms with Crippen molar-refractivity contribution in [1.82, 2.24) is 5.43 Å². The van der Waals surface area contributed by atoms with Crippen molar-refractivity contribution in [2.24, 2.45) is 5.10 Å². The summed E-state index contributed by atoms with van der Waals surface area (Å²) in [5.41, 5.74) is 6.96. The Balaban J connectivity index is 2.02. The van der Waals surface area contributed by atoms with Crippen molar-refractivity contribution in [2.45, 2.75) is 53.4 Å². The highest BCUT2D eigenvalue weighted by molar-refractivity contribution is 5.88. The molecule has 0 radical (unpaired) electrons. The van der Waals surface area contributed by atoms with Crippen LogP contribution in [0.1, 0.15) is 67.3 Å². The van der Waals surface area contributed by atoms with Gasteiger partial charge in [0.25, 0.3) is 5.91 Å². The number of aryl methyl sites for hydroxylation is 2. The largest absolute Gasteiger partial charge is 0.507 e. The van der Waals surface area contributed by atoms with Crippen molar-refractivity contribution in [3.63, 3.8) is 0 Å². The number of hydrogen-bond acceptors (Lipinski definition) is 4. The van der Waals surface area contributed by atoms with Gasteiger partial charge in [-0.25, -0.2) is 5.43 Å². The Morgan fingerprint density at radius 2 is 1.79 bits per heavy atom. The number of phenolic OH excluding ortho intramolecular Hbond substituents is 1. The summed E-state index contributed by atoms with van der Waals surface area (Å²) in [6.45, 7) is 12.0. The molecule has 0 spiro atoms. The number of benzene rings is 2. The number of rotatable bonds is 7. The third-order valence-corrected chi connectivity index (χ3v) is 4.70. The first kappa shape index (κ1) is 21.5. The number of nitrogens with zero attached hydrogens (tertiary/aromatic N) is 1. The standard InChI is InChI=1S/C23H30N2O3/c1-14(2)18-9-7-16(5)21(11-18)28-13-22(26)25-24-12-20-19(15(3)4)10-8-17(6)23(20)27/h7-12,14-15,27H,13H2,1-6H3,(H,25,26)/b24-12+. The SMILES string of the molecule is Cc1ccc(C(C)C)cc1OCC(=O)N/N=C/c1c(C(C)C)ccc(C)c1O. The highest BCUT2D eigenvalue weighted by atomic mass is 16.5. The monoisotopic (exact) mass is 382 g/mol. The van der Waals surface area contributed by atoms with Gasteiger partial charge < -0.3 is 9.84 Å². The van der Waals surface area contributed by atoms with Gasteiger partial charge in [-0.05, 0) is 54.0 Å². The van der Waals surface area contributed by atoms with Gasteiger partial charge in [0.1, 0.15) is 11.5 Å². The molecule has 2 aromatic rings. The van der Waals surface area contributed by atoms with Gasteiger partial charge in [0.15, 0.2) is 6.61 Å². The molecule has 0 bridgehead atoms. The van der Waals surface area contributed by atoms with Crippen LogP contribution in [0.5, 0.6) is 11.5 Å². The topological polar surface area (TPSA) is 70.9 Å².